The van der Waals surface area contributed by atoms with E-state index in [1.54, 1.807) is 10.9 Å². The van der Waals surface area contributed by atoms with Crippen molar-refractivity contribution in [3.63, 3.8) is 0 Å². The number of nitrogens with zero attached hydrogens (tertiary/aromatic N) is 2. The van der Waals surface area contributed by atoms with Crippen LogP contribution in [0, 0.1) is 0 Å². The molecule has 5 heteroatoms. The van der Waals surface area contributed by atoms with Crippen molar-refractivity contribution < 1.29 is 5.11 Å². The van der Waals surface area contributed by atoms with Crippen molar-refractivity contribution >= 4 is 11.8 Å². The zero-order chi connectivity index (χ0) is 12.3. The number of aliphatic hydroxyl groups is 1. The quantitative estimate of drug-likeness (QED) is 0.846. The van der Waals surface area contributed by atoms with E-state index in [0.29, 0.717) is 12.6 Å². The van der Waals surface area contributed by atoms with E-state index in [0.717, 1.165) is 11.3 Å². The number of aryl methyl sites for hydroxylation is 1. The van der Waals surface area contributed by atoms with Crippen LogP contribution in [0.25, 0.3) is 0 Å². The first-order chi connectivity index (χ1) is 8.08. The largest absolute Gasteiger partial charge is 0.384 e. The topological polar surface area (TPSA) is 50.1 Å². The van der Waals surface area contributed by atoms with Crippen molar-refractivity contribution in [3.8, 4) is 0 Å². The van der Waals surface area contributed by atoms with Crippen molar-refractivity contribution in [1.29, 1.82) is 0 Å². The summed E-state index contributed by atoms with van der Waals surface area (Å²) in [7, 11) is 1.87. The Kier molecular flexibility index (Phi) is 4.12. The van der Waals surface area contributed by atoms with Gasteiger partial charge in [0.15, 0.2) is 0 Å². The molecule has 1 aliphatic heterocycles. The summed E-state index contributed by atoms with van der Waals surface area (Å²) in [5, 5.41) is 18.0. The van der Waals surface area contributed by atoms with Crippen LogP contribution in [-0.2, 0) is 12.6 Å². The summed E-state index contributed by atoms with van der Waals surface area (Å²) in [6.07, 6.45) is 6.10. The van der Waals surface area contributed by atoms with Crippen LogP contribution < -0.4 is 5.32 Å². The number of thioether (sulfide) groups is 1. The van der Waals surface area contributed by atoms with E-state index in [4.69, 9.17) is 0 Å². The summed E-state index contributed by atoms with van der Waals surface area (Å²) < 4.78 is 1.72. The highest BCUT2D eigenvalue weighted by Crippen LogP contribution is 2.21. The van der Waals surface area contributed by atoms with Crippen LogP contribution in [0.3, 0.4) is 0 Å². The summed E-state index contributed by atoms with van der Waals surface area (Å²) in [6.45, 7) is 2.43. The molecule has 1 aromatic rings. The van der Waals surface area contributed by atoms with Crippen LogP contribution >= 0.6 is 11.8 Å². The Morgan fingerprint density at radius 2 is 2.53 bits per heavy atom. The predicted octanol–water partition coefficient (Wildman–Crippen LogP) is 1.11. The van der Waals surface area contributed by atoms with Gasteiger partial charge in [-0.25, -0.2) is 0 Å². The molecule has 0 radical (unpaired) electrons. The molecule has 0 saturated carbocycles. The first kappa shape index (κ1) is 12.9. The first-order valence-corrected chi connectivity index (χ1v) is 7.26. The third-order valence-electron chi connectivity index (χ3n) is 3.22. The first-order valence-electron chi connectivity index (χ1n) is 6.10. The average Bonchev–Trinajstić information content (AvgIpc) is 2.76. The molecule has 4 nitrogen and oxygen atoms in total. The number of rotatable bonds is 4. The smallest absolute Gasteiger partial charge is 0.102 e. The van der Waals surface area contributed by atoms with Gasteiger partial charge >= 0.3 is 0 Å². The van der Waals surface area contributed by atoms with Gasteiger partial charge in [-0.3, -0.25) is 4.68 Å². The molecule has 0 spiro atoms. The van der Waals surface area contributed by atoms with Gasteiger partial charge in [-0.15, -0.1) is 0 Å². The van der Waals surface area contributed by atoms with E-state index in [2.05, 4.69) is 10.4 Å². The monoisotopic (exact) mass is 255 g/mol. The fourth-order valence-electron chi connectivity index (χ4n) is 2.05. The van der Waals surface area contributed by atoms with Crippen molar-refractivity contribution in [2.45, 2.75) is 31.4 Å². The minimum Gasteiger partial charge on any atom is -0.384 e. The zero-order valence-electron chi connectivity index (χ0n) is 10.5. The van der Waals surface area contributed by atoms with Gasteiger partial charge in [0.25, 0.3) is 0 Å². The Labute approximate surface area is 107 Å². The maximum Gasteiger partial charge on any atom is 0.102 e. The molecule has 96 valence electrons. The maximum atomic E-state index is 10.4. The molecular formula is C12H21N3OS. The Balaban J connectivity index is 1.88. The van der Waals surface area contributed by atoms with Crippen LogP contribution in [0.15, 0.2) is 12.4 Å². The van der Waals surface area contributed by atoms with E-state index >= 15 is 0 Å². The van der Waals surface area contributed by atoms with Gasteiger partial charge in [0, 0.05) is 37.1 Å². The molecule has 0 bridgehead atoms. The van der Waals surface area contributed by atoms with E-state index in [1.165, 1.54) is 18.6 Å². The van der Waals surface area contributed by atoms with Gasteiger partial charge in [0.2, 0.25) is 0 Å². The number of nitrogens with one attached hydrogen (secondary N) is 1. The number of aromatic nitrogens is 2. The second-order valence-corrected chi connectivity index (χ2v) is 6.12. The van der Waals surface area contributed by atoms with Gasteiger partial charge in [-0.05, 0) is 25.5 Å². The summed E-state index contributed by atoms with van der Waals surface area (Å²) >= 11 is 1.99. The molecule has 2 N–H and O–H groups in total. The lowest BCUT2D eigenvalue weighted by atomic mass is 9.99. The summed E-state index contributed by atoms with van der Waals surface area (Å²) in [4.78, 5) is 0. The molecule has 0 unspecified atom stereocenters. The maximum absolute atomic E-state index is 10.4. The second-order valence-electron chi connectivity index (χ2n) is 4.97. The SMILES string of the molecule is Cn1cc([C@@](C)(O)CN[C@@H]2CCCSC2)cn1. The highest BCUT2D eigenvalue weighted by atomic mass is 32.2. The number of hydrogen-bond donors (Lipinski definition) is 2. The van der Waals surface area contributed by atoms with Crippen molar-refractivity contribution in [2.75, 3.05) is 18.1 Å². The van der Waals surface area contributed by atoms with E-state index in [-0.39, 0.29) is 0 Å². The Morgan fingerprint density at radius 1 is 1.71 bits per heavy atom. The van der Waals surface area contributed by atoms with Crippen LogP contribution in [0.1, 0.15) is 25.3 Å². The molecule has 1 aliphatic rings. The Morgan fingerprint density at radius 3 is 3.12 bits per heavy atom. The molecule has 2 rings (SSSR count). The predicted molar refractivity (Wildman–Crippen MR) is 71.1 cm³/mol. The molecule has 0 aliphatic carbocycles. The normalized spacial score (nSPS) is 24.5. The van der Waals surface area contributed by atoms with Crippen molar-refractivity contribution in [3.05, 3.63) is 18.0 Å². The fourth-order valence-corrected chi connectivity index (χ4v) is 3.15. The standard InChI is InChI=1S/C12H21N3OS/c1-12(16,10-6-14-15(2)7-10)9-13-11-4-3-5-17-8-11/h6-7,11,13,16H,3-5,8-9H2,1-2H3/t11-,12+/m1/s1. The van der Waals surface area contributed by atoms with Gasteiger partial charge in [0.1, 0.15) is 5.60 Å². The third-order valence-corrected chi connectivity index (χ3v) is 4.44. The molecule has 0 amide bonds. The zero-order valence-corrected chi connectivity index (χ0v) is 11.3. The lowest BCUT2D eigenvalue weighted by Gasteiger charge is -2.28. The minimum absolute atomic E-state index is 0.539. The van der Waals surface area contributed by atoms with Gasteiger partial charge < -0.3 is 10.4 Å². The lowest BCUT2D eigenvalue weighted by Crippen LogP contribution is -2.42. The lowest BCUT2D eigenvalue weighted by molar-refractivity contribution is 0.0541. The van der Waals surface area contributed by atoms with Gasteiger partial charge in [-0.2, -0.15) is 16.9 Å². The van der Waals surface area contributed by atoms with Crippen LogP contribution in [-0.4, -0.2) is 39.0 Å². The summed E-state index contributed by atoms with van der Waals surface area (Å²) in [5.41, 5.74) is 0.0343. The molecule has 0 aromatic carbocycles. The van der Waals surface area contributed by atoms with Crippen LogP contribution in [0.2, 0.25) is 0 Å². The third kappa shape index (κ3) is 3.47. The molecule has 1 saturated heterocycles. The molecule has 1 fully saturated rings. The molecule has 1 aromatic heterocycles. The van der Waals surface area contributed by atoms with Crippen LogP contribution in [0.5, 0.6) is 0 Å². The summed E-state index contributed by atoms with van der Waals surface area (Å²) in [5.74, 6) is 2.43. The fraction of sp³-hybridized carbons (Fsp3) is 0.750. The van der Waals surface area contributed by atoms with Gasteiger partial charge in [0.05, 0.1) is 6.20 Å². The van der Waals surface area contributed by atoms with E-state index in [1.807, 2.05) is 31.9 Å². The molecule has 2 heterocycles. The Bertz CT molecular complexity index is 358. The summed E-state index contributed by atoms with van der Waals surface area (Å²) in [6, 6.07) is 0.539. The van der Waals surface area contributed by atoms with Gasteiger partial charge in [-0.1, -0.05) is 0 Å². The Hall–Kier alpha value is -0.520. The molecular weight excluding hydrogens is 234 g/mol. The van der Waals surface area contributed by atoms with Crippen molar-refractivity contribution in [1.82, 2.24) is 15.1 Å². The van der Waals surface area contributed by atoms with E-state index < -0.39 is 5.60 Å². The second kappa shape index (κ2) is 5.42. The highest BCUT2D eigenvalue weighted by molar-refractivity contribution is 7.99. The average molecular weight is 255 g/mol. The highest BCUT2D eigenvalue weighted by Gasteiger charge is 2.26. The molecule has 2 atom stereocenters. The molecule has 17 heavy (non-hydrogen) atoms. The number of hydrogen-bond acceptors (Lipinski definition) is 4. The van der Waals surface area contributed by atoms with E-state index in [9.17, 15) is 5.11 Å². The minimum atomic E-state index is -0.837. The van der Waals surface area contributed by atoms with Crippen LogP contribution in [0.4, 0.5) is 0 Å². The van der Waals surface area contributed by atoms with Crippen molar-refractivity contribution in [2.24, 2.45) is 7.05 Å².